The molecule has 160 valence electrons. The molecule has 1 saturated carbocycles. The molecule has 1 aliphatic carbocycles. The number of nitrogens with zero attached hydrogens (tertiary/aromatic N) is 1. The summed E-state index contributed by atoms with van der Waals surface area (Å²) in [6, 6.07) is 11.9. The smallest absolute Gasteiger partial charge is 0.125 e. The first kappa shape index (κ1) is 21.8. The van der Waals surface area contributed by atoms with Crippen molar-refractivity contribution in [3.8, 4) is 17.2 Å². The van der Waals surface area contributed by atoms with Crippen molar-refractivity contribution in [1.29, 1.82) is 0 Å². The monoisotopic (exact) mass is 409 g/mol. The van der Waals surface area contributed by atoms with Crippen molar-refractivity contribution in [2.24, 2.45) is 5.16 Å². The highest BCUT2D eigenvalue weighted by atomic mass is 16.6. The highest BCUT2D eigenvalue weighted by Crippen LogP contribution is 2.33. The zero-order chi connectivity index (χ0) is 21.3. The minimum atomic E-state index is 0.162. The number of allylic oxidation sites excluding steroid dienone is 1. The van der Waals surface area contributed by atoms with Gasteiger partial charge in [-0.3, -0.25) is 0 Å². The van der Waals surface area contributed by atoms with Crippen LogP contribution in [0.15, 0.2) is 53.7 Å². The third kappa shape index (κ3) is 6.02. The van der Waals surface area contributed by atoms with Gasteiger partial charge < -0.3 is 19.0 Å². The topological polar surface area (TPSA) is 49.3 Å². The first-order valence-corrected chi connectivity index (χ1v) is 10.4. The largest absolute Gasteiger partial charge is 0.490 e. The quantitative estimate of drug-likeness (QED) is 0.306. The predicted octanol–water partition coefficient (Wildman–Crippen LogP) is 5.62. The second-order valence-electron chi connectivity index (χ2n) is 7.55. The van der Waals surface area contributed by atoms with Gasteiger partial charge in [0.05, 0.1) is 6.21 Å². The van der Waals surface area contributed by atoms with E-state index in [1.807, 2.05) is 55.5 Å². The Morgan fingerprint density at radius 2 is 1.63 bits per heavy atom. The Labute approximate surface area is 179 Å². The molecule has 3 rings (SSSR count). The van der Waals surface area contributed by atoms with Gasteiger partial charge in [0.1, 0.15) is 43.2 Å². The van der Waals surface area contributed by atoms with E-state index in [1.54, 1.807) is 6.21 Å². The second kappa shape index (κ2) is 10.7. The van der Waals surface area contributed by atoms with Crippen LogP contribution in [-0.4, -0.2) is 32.1 Å². The molecule has 5 heteroatoms. The van der Waals surface area contributed by atoms with E-state index in [2.05, 4.69) is 19.0 Å². The Bertz CT molecular complexity index is 850. The molecule has 0 bridgehead atoms. The van der Waals surface area contributed by atoms with Gasteiger partial charge in [-0.1, -0.05) is 17.3 Å². The van der Waals surface area contributed by atoms with Crippen molar-refractivity contribution in [2.45, 2.75) is 52.2 Å². The van der Waals surface area contributed by atoms with Crippen molar-refractivity contribution < 1.29 is 19.0 Å². The molecule has 1 aliphatic rings. The van der Waals surface area contributed by atoms with Gasteiger partial charge in [0, 0.05) is 6.42 Å². The zero-order valence-electron chi connectivity index (χ0n) is 18.3. The lowest BCUT2D eigenvalue weighted by molar-refractivity contribution is 0.164. The lowest BCUT2D eigenvalue weighted by Crippen LogP contribution is -2.18. The first-order chi connectivity index (χ1) is 14.6. The maximum Gasteiger partial charge on any atom is 0.125 e. The van der Waals surface area contributed by atoms with Crippen molar-refractivity contribution in [2.75, 3.05) is 13.7 Å². The molecule has 0 saturated heterocycles. The standard InChI is InChI=1S/C25H31NO4/c1-5-6-13-28-24-14-18(2)25(19(3)15-24)30-23-12-11-22(16-23)29-21-9-7-20(8-10-21)17-26-27-4/h5-10,14-15,17,22-23H,11-13,16H2,1-4H3/b6-5+,26-17?. The summed E-state index contributed by atoms with van der Waals surface area (Å²) in [4.78, 5) is 4.70. The second-order valence-corrected chi connectivity index (χ2v) is 7.55. The van der Waals surface area contributed by atoms with Gasteiger partial charge in [0.25, 0.3) is 0 Å². The van der Waals surface area contributed by atoms with Gasteiger partial charge in [-0.2, -0.15) is 0 Å². The third-order valence-corrected chi connectivity index (χ3v) is 5.13. The van der Waals surface area contributed by atoms with Gasteiger partial charge in [-0.05, 0) is 86.7 Å². The van der Waals surface area contributed by atoms with Crippen LogP contribution < -0.4 is 14.2 Å². The summed E-state index contributed by atoms with van der Waals surface area (Å²) in [5, 5.41) is 3.77. The fourth-order valence-electron chi connectivity index (χ4n) is 3.64. The molecule has 2 unspecified atom stereocenters. The number of oxime groups is 1. The first-order valence-electron chi connectivity index (χ1n) is 10.4. The normalized spacial score (nSPS) is 18.8. The number of rotatable bonds is 9. The van der Waals surface area contributed by atoms with Crippen LogP contribution >= 0.6 is 0 Å². The van der Waals surface area contributed by atoms with Crippen LogP contribution in [0.5, 0.6) is 17.2 Å². The van der Waals surface area contributed by atoms with Gasteiger partial charge in [-0.25, -0.2) is 0 Å². The molecule has 0 heterocycles. The Kier molecular flexibility index (Phi) is 7.77. The van der Waals surface area contributed by atoms with E-state index in [0.717, 1.165) is 53.2 Å². The Balaban J connectivity index is 1.55. The Morgan fingerprint density at radius 1 is 0.967 bits per heavy atom. The molecule has 2 aromatic rings. The van der Waals surface area contributed by atoms with E-state index in [0.29, 0.717) is 6.61 Å². The highest BCUT2D eigenvalue weighted by Gasteiger charge is 2.28. The maximum atomic E-state index is 6.37. The average molecular weight is 410 g/mol. The molecule has 5 nitrogen and oxygen atoms in total. The molecule has 0 radical (unpaired) electrons. The number of benzene rings is 2. The van der Waals surface area contributed by atoms with E-state index >= 15 is 0 Å². The van der Waals surface area contributed by atoms with Gasteiger partial charge in [-0.15, -0.1) is 0 Å². The molecule has 0 N–H and O–H groups in total. The number of ether oxygens (including phenoxy) is 3. The Morgan fingerprint density at radius 3 is 2.27 bits per heavy atom. The lowest BCUT2D eigenvalue weighted by atomic mass is 10.1. The van der Waals surface area contributed by atoms with Crippen molar-refractivity contribution >= 4 is 6.21 Å². The van der Waals surface area contributed by atoms with E-state index in [4.69, 9.17) is 19.0 Å². The van der Waals surface area contributed by atoms with E-state index in [1.165, 1.54) is 7.11 Å². The molecule has 2 aromatic carbocycles. The molecular formula is C25H31NO4. The molecule has 0 aromatic heterocycles. The predicted molar refractivity (Wildman–Crippen MR) is 120 cm³/mol. The van der Waals surface area contributed by atoms with Crippen LogP contribution in [0.3, 0.4) is 0 Å². The summed E-state index contributed by atoms with van der Waals surface area (Å²) in [6.07, 6.45) is 8.83. The van der Waals surface area contributed by atoms with Gasteiger partial charge in [0.2, 0.25) is 0 Å². The molecular weight excluding hydrogens is 378 g/mol. The summed E-state index contributed by atoms with van der Waals surface area (Å²) >= 11 is 0. The summed E-state index contributed by atoms with van der Waals surface area (Å²) in [7, 11) is 1.53. The summed E-state index contributed by atoms with van der Waals surface area (Å²) < 4.78 is 18.3. The van der Waals surface area contributed by atoms with Crippen molar-refractivity contribution in [3.63, 3.8) is 0 Å². The fourth-order valence-corrected chi connectivity index (χ4v) is 3.64. The van der Waals surface area contributed by atoms with E-state index in [9.17, 15) is 0 Å². The van der Waals surface area contributed by atoms with Crippen LogP contribution in [0, 0.1) is 13.8 Å². The van der Waals surface area contributed by atoms with Gasteiger partial charge >= 0.3 is 0 Å². The molecule has 0 aliphatic heterocycles. The molecule has 2 atom stereocenters. The molecule has 30 heavy (non-hydrogen) atoms. The fraction of sp³-hybridized carbons (Fsp3) is 0.400. The van der Waals surface area contributed by atoms with E-state index < -0.39 is 0 Å². The van der Waals surface area contributed by atoms with Crippen molar-refractivity contribution in [1.82, 2.24) is 0 Å². The van der Waals surface area contributed by atoms with Crippen LogP contribution in [-0.2, 0) is 4.84 Å². The zero-order valence-corrected chi connectivity index (χ0v) is 18.3. The van der Waals surface area contributed by atoms with Gasteiger partial charge in [0.15, 0.2) is 0 Å². The molecule has 0 spiro atoms. The SMILES string of the molecule is C/C=C/COc1cc(C)c(OC2CCC(Oc3ccc(C=NOC)cc3)C2)c(C)c1. The van der Waals surface area contributed by atoms with Crippen LogP contribution in [0.1, 0.15) is 42.9 Å². The molecule has 0 amide bonds. The lowest BCUT2D eigenvalue weighted by Gasteiger charge is -2.19. The summed E-state index contributed by atoms with van der Waals surface area (Å²) in [5.41, 5.74) is 3.17. The summed E-state index contributed by atoms with van der Waals surface area (Å²) in [6.45, 7) is 6.71. The highest BCUT2D eigenvalue weighted by molar-refractivity contribution is 5.79. The third-order valence-electron chi connectivity index (χ3n) is 5.13. The van der Waals surface area contributed by atoms with Crippen LogP contribution in [0.4, 0.5) is 0 Å². The minimum absolute atomic E-state index is 0.162. The van der Waals surface area contributed by atoms with Crippen LogP contribution in [0.2, 0.25) is 0 Å². The van der Waals surface area contributed by atoms with E-state index in [-0.39, 0.29) is 12.2 Å². The average Bonchev–Trinajstić information content (AvgIpc) is 3.17. The minimum Gasteiger partial charge on any atom is -0.490 e. The maximum absolute atomic E-state index is 6.37. The number of aryl methyl sites for hydroxylation is 2. The van der Waals surface area contributed by atoms with Crippen molar-refractivity contribution in [3.05, 3.63) is 65.2 Å². The van der Waals surface area contributed by atoms with Crippen LogP contribution in [0.25, 0.3) is 0 Å². The summed E-state index contributed by atoms with van der Waals surface area (Å²) in [5.74, 6) is 2.70. The number of hydrogen-bond acceptors (Lipinski definition) is 5. The Hall–Kier alpha value is -2.95. The molecule has 1 fully saturated rings. The number of hydrogen-bond donors (Lipinski definition) is 0.